The average molecular weight is 260 g/mol. The maximum atomic E-state index is 4.43. The molecule has 0 fully saturated rings. The van der Waals surface area contributed by atoms with Gasteiger partial charge in [-0.1, -0.05) is 11.3 Å². The maximum Gasteiger partial charge on any atom is 0.205 e. The monoisotopic (exact) mass is 260 g/mol. The Bertz CT molecular complexity index is 672. The number of hydrogen-bond donors (Lipinski definition) is 1. The van der Waals surface area contributed by atoms with Gasteiger partial charge in [-0.15, -0.1) is 10.2 Å². The van der Waals surface area contributed by atoms with Gasteiger partial charge in [-0.2, -0.15) is 5.10 Å². The van der Waals surface area contributed by atoms with Gasteiger partial charge in [0.05, 0.1) is 5.69 Å². The molecule has 0 aliphatic rings. The Morgan fingerprint density at radius 2 is 2.33 bits per heavy atom. The van der Waals surface area contributed by atoms with Crippen molar-refractivity contribution in [2.24, 2.45) is 7.05 Å². The van der Waals surface area contributed by atoms with Crippen LogP contribution >= 0.6 is 11.3 Å². The molecule has 0 spiro atoms. The maximum absolute atomic E-state index is 4.43. The zero-order chi connectivity index (χ0) is 12.5. The van der Waals surface area contributed by atoms with Crippen LogP contribution in [0.1, 0.15) is 11.3 Å². The summed E-state index contributed by atoms with van der Waals surface area (Å²) in [5.74, 6) is 0. The van der Waals surface area contributed by atoms with Crippen LogP contribution in [0, 0.1) is 6.92 Å². The van der Waals surface area contributed by atoms with Gasteiger partial charge in [0.1, 0.15) is 5.51 Å². The van der Waals surface area contributed by atoms with E-state index in [0.717, 1.165) is 27.4 Å². The Hall–Kier alpha value is -2.02. The van der Waals surface area contributed by atoms with Crippen LogP contribution in [0.5, 0.6) is 0 Å². The molecule has 7 heteroatoms. The molecule has 18 heavy (non-hydrogen) atoms. The van der Waals surface area contributed by atoms with Crippen LogP contribution in [0.3, 0.4) is 0 Å². The summed E-state index contributed by atoms with van der Waals surface area (Å²) in [5, 5.41) is 17.2. The minimum Gasteiger partial charge on any atom is -0.356 e. The van der Waals surface area contributed by atoms with Crippen LogP contribution in [0.2, 0.25) is 0 Å². The summed E-state index contributed by atoms with van der Waals surface area (Å²) in [5.41, 5.74) is 4.72. The first-order chi connectivity index (χ1) is 8.74. The van der Waals surface area contributed by atoms with Gasteiger partial charge >= 0.3 is 0 Å². The Balaban J connectivity index is 1.87. The van der Waals surface area contributed by atoms with Gasteiger partial charge in [0.2, 0.25) is 5.13 Å². The molecule has 0 aliphatic carbocycles. The molecule has 1 N–H and O–H groups in total. The third-order valence-corrected chi connectivity index (χ3v) is 3.37. The van der Waals surface area contributed by atoms with E-state index in [0.29, 0.717) is 6.54 Å². The topological polar surface area (TPSA) is 68.5 Å². The van der Waals surface area contributed by atoms with Crippen LogP contribution in [-0.2, 0) is 13.6 Å². The number of hydrogen-bond acceptors (Lipinski definition) is 6. The highest BCUT2D eigenvalue weighted by Gasteiger charge is 2.07. The van der Waals surface area contributed by atoms with Gasteiger partial charge in [-0.3, -0.25) is 4.68 Å². The molecule has 0 saturated heterocycles. The molecule has 0 unspecified atom stereocenters. The number of rotatable bonds is 3. The largest absolute Gasteiger partial charge is 0.356 e. The summed E-state index contributed by atoms with van der Waals surface area (Å²) >= 11 is 1.48. The summed E-state index contributed by atoms with van der Waals surface area (Å²) in [7, 11) is 1.90. The standard InChI is InChI=1S/C11H12N6S/c1-7-9-3-8(4-12-10(9)17(2)16-7)5-13-11-15-14-6-18-11/h3-4,6H,5H2,1-2H3,(H,13,15). The fourth-order valence-electron chi connectivity index (χ4n) is 1.88. The van der Waals surface area contributed by atoms with Crippen molar-refractivity contribution in [1.29, 1.82) is 0 Å². The van der Waals surface area contributed by atoms with Crippen LogP contribution in [-0.4, -0.2) is 25.0 Å². The fraction of sp³-hybridized carbons (Fsp3) is 0.273. The lowest BCUT2D eigenvalue weighted by molar-refractivity contribution is 0.773. The third kappa shape index (κ3) is 1.92. The molecule has 0 radical (unpaired) electrons. The van der Waals surface area contributed by atoms with Crippen LogP contribution in [0.15, 0.2) is 17.8 Å². The molecule has 0 atom stereocenters. The Morgan fingerprint density at radius 3 is 3.11 bits per heavy atom. The number of fused-ring (bicyclic) bond motifs is 1. The lowest BCUT2D eigenvalue weighted by Crippen LogP contribution is -2.00. The normalized spacial score (nSPS) is 11.0. The number of anilines is 1. The summed E-state index contributed by atoms with van der Waals surface area (Å²) in [6, 6.07) is 2.11. The van der Waals surface area contributed by atoms with Gasteiger partial charge < -0.3 is 5.32 Å². The van der Waals surface area contributed by atoms with Crippen molar-refractivity contribution in [1.82, 2.24) is 25.0 Å². The second-order valence-corrected chi connectivity index (χ2v) is 4.85. The van der Waals surface area contributed by atoms with E-state index in [1.807, 2.05) is 20.2 Å². The summed E-state index contributed by atoms with van der Waals surface area (Å²) in [4.78, 5) is 4.43. The van der Waals surface area contributed by atoms with Gasteiger partial charge in [0.15, 0.2) is 5.65 Å². The third-order valence-electron chi connectivity index (χ3n) is 2.72. The number of aromatic nitrogens is 5. The van der Waals surface area contributed by atoms with E-state index in [4.69, 9.17) is 0 Å². The molecule has 3 heterocycles. The molecule has 3 aromatic heterocycles. The van der Waals surface area contributed by atoms with Crippen LogP contribution in [0.4, 0.5) is 5.13 Å². The van der Waals surface area contributed by atoms with E-state index in [-0.39, 0.29) is 0 Å². The average Bonchev–Trinajstić information content (AvgIpc) is 2.97. The van der Waals surface area contributed by atoms with E-state index in [1.165, 1.54) is 11.3 Å². The minimum absolute atomic E-state index is 0.687. The van der Waals surface area contributed by atoms with E-state index in [1.54, 1.807) is 10.2 Å². The predicted octanol–water partition coefficient (Wildman–Crippen LogP) is 1.74. The van der Waals surface area contributed by atoms with Gasteiger partial charge in [-0.05, 0) is 18.6 Å². The minimum atomic E-state index is 0.687. The van der Waals surface area contributed by atoms with Crippen LogP contribution < -0.4 is 5.32 Å². The first-order valence-electron chi connectivity index (χ1n) is 5.52. The van der Waals surface area contributed by atoms with E-state index >= 15 is 0 Å². The Morgan fingerprint density at radius 1 is 1.44 bits per heavy atom. The fourth-order valence-corrected chi connectivity index (χ4v) is 2.32. The second kappa shape index (κ2) is 4.34. The molecular formula is C11H12N6S. The predicted molar refractivity (Wildman–Crippen MR) is 70.5 cm³/mol. The van der Waals surface area contributed by atoms with E-state index in [9.17, 15) is 0 Å². The number of pyridine rings is 1. The molecule has 0 aliphatic heterocycles. The molecule has 0 saturated carbocycles. The Kier molecular flexibility index (Phi) is 2.67. The Labute approximate surface area is 108 Å². The molecule has 0 amide bonds. The van der Waals surface area contributed by atoms with Crippen molar-refractivity contribution in [2.45, 2.75) is 13.5 Å². The first kappa shape index (κ1) is 11.1. The highest BCUT2D eigenvalue weighted by molar-refractivity contribution is 7.13. The van der Waals surface area contributed by atoms with Crippen LogP contribution in [0.25, 0.3) is 11.0 Å². The van der Waals surface area contributed by atoms with Gasteiger partial charge in [0.25, 0.3) is 0 Å². The molecule has 6 nitrogen and oxygen atoms in total. The number of nitrogens with zero attached hydrogens (tertiary/aromatic N) is 5. The van der Waals surface area contributed by atoms with Crippen molar-refractivity contribution >= 4 is 27.5 Å². The molecule has 3 aromatic rings. The summed E-state index contributed by atoms with van der Waals surface area (Å²) in [6.45, 7) is 2.68. The second-order valence-electron chi connectivity index (χ2n) is 4.02. The van der Waals surface area contributed by atoms with Crippen molar-refractivity contribution in [3.8, 4) is 0 Å². The summed E-state index contributed by atoms with van der Waals surface area (Å²) in [6.07, 6.45) is 1.86. The van der Waals surface area contributed by atoms with Crippen molar-refractivity contribution in [2.75, 3.05) is 5.32 Å². The molecular weight excluding hydrogens is 248 g/mol. The quantitative estimate of drug-likeness (QED) is 0.777. The van der Waals surface area contributed by atoms with Crippen molar-refractivity contribution < 1.29 is 0 Å². The first-order valence-corrected chi connectivity index (χ1v) is 6.40. The SMILES string of the molecule is Cc1nn(C)c2ncc(CNc3nncs3)cc12. The zero-order valence-electron chi connectivity index (χ0n) is 10.1. The zero-order valence-corrected chi connectivity index (χ0v) is 10.9. The van der Waals surface area contributed by atoms with Crippen molar-refractivity contribution in [3.63, 3.8) is 0 Å². The lowest BCUT2D eigenvalue weighted by atomic mass is 10.2. The van der Waals surface area contributed by atoms with E-state index in [2.05, 4.69) is 31.7 Å². The molecule has 0 bridgehead atoms. The van der Waals surface area contributed by atoms with Gasteiger partial charge in [0, 0.05) is 25.2 Å². The summed E-state index contributed by atoms with van der Waals surface area (Å²) < 4.78 is 1.80. The molecule has 92 valence electrons. The molecule has 3 rings (SSSR count). The lowest BCUT2D eigenvalue weighted by Gasteiger charge is -2.02. The smallest absolute Gasteiger partial charge is 0.205 e. The van der Waals surface area contributed by atoms with E-state index < -0.39 is 0 Å². The number of nitrogens with one attached hydrogen (secondary N) is 1. The molecule has 0 aromatic carbocycles. The highest BCUT2D eigenvalue weighted by atomic mass is 32.1. The van der Waals surface area contributed by atoms with Gasteiger partial charge in [-0.25, -0.2) is 4.98 Å². The highest BCUT2D eigenvalue weighted by Crippen LogP contribution is 2.17. The van der Waals surface area contributed by atoms with Crippen molar-refractivity contribution in [3.05, 3.63) is 29.0 Å². The number of aryl methyl sites for hydroxylation is 2.